The molecular weight excluding hydrogens is 385 g/mol. The molecule has 2 aromatic rings. The third kappa shape index (κ3) is 3.49. The molecule has 2 unspecified atom stereocenters. The molecule has 152 valence electrons. The highest BCUT2D eigenvalue weighted by Crippen LogP contribution is 2.33. The summed E-state index contributed by atoms with van der Waals surface area (Å²) in [6.45, 7) is 0.843. The SMILES string of the molecule is NC1C[C@@H](N2CCn3c(nnc3C(F)(F)F)C2)COC1c1cc(F)ccc1F. The molecule has 0 aliphatic carbocycles. The lowest BCUT2D eigenvalue weighted by Crippen LogP contribution is -2.51. The summed E-state index contributed by atoms with van der Waals surface area (Å²) < 4.78 is 73.1. The smallest absolute Gasteiger partial charge is 0.370 e. The monoisotopic (exact) mass is 403 g/mol. The van der Waals surface area contributed by atoms with Crippen molar-refractivity contribution in [2.24, 2.45) is 5.73 Å². The van der Waals surface area contributed by atoms with E-state index in [1.54, 1.807) is 0 Å². The van der Waals surface area contributed by atoms with Crippen LogP contribution in [0.4, 0.5) is 22.0 Å². The molecular formula is C17H18F5N5O. The van der Waals surface area contributed by atoms with Crippen molar-refractivity contribution < 1.29 is 26.7 Å². The molecule has 1 aromatic carbocycles. The van der Waals surface area contributed by atoms with Gasteiger partial charge in [0.05, 0.1) is 13.2 Å². The summed E-state index contributed by atoms with van der Waals surface area (Å²) in [5.41, 5.74) is 6.23. The number of halogens is 5. The Kier molecular flexibility index (Phi) is 4.84. The van der Waals surface area contributed by atoms with E-state index in [0.717, 1.165) is 22.8 Å². The molecule has 0 bridgehead atoms. The summed E-state index contributed by atoms with van der Waals surface area (Å²) in [7, 11) is 0. The summed E-state index contributed by atoms with van der Waals surface area (Å²) in [5, 5.41) is 6.92. The van der Waals surface area contributed by atoms with Crippen LogP contribution in [0.2, 0.25) is 0 Å². The predicted molar refractivity (Wildman–Crippen MR) is 86.9 cm³/mol. The molecule has 11 heteroatoms. The van der Waals surface area contributed by atoms with Crippen LogP contribution in [0.1, 0.15) is 29.7 Å². The zero-order valence-electron chi connectivity index (χ0n) is 14.7. The number of fused-ring (bicyclic) bond motifs is 1. The summed E-state index contributed by atoms with van der Waals surface area (Å²) in [6.07, 6.45) is -4.90. The van der Waals surface area contributed by atoms with Gasteiger partial charge in [-0.25, -0.2) is 8.78 Å². The Morgan fingerprint density at radius 1 is 1.14 bits per heavy atom. The molecule has 0 spiro atoms. The van der Waals surface area contributed by atoms with E-state index in [1.807, 2.05) is 4.90 Å². The molecule has 1 fully saturated rings. The first-order chi connectivity index (χ1) is 13.2. The number of alkyl halides is 3. The number of rotatable bonds is 2. The number of hydrogen-bond donors (Lipinski definition) is 1. The van der Waals surface area contributed by atoms with Crippen LogP contribution in [-0.2, 0) is 24.0 Å². The molecule has 6 nitrogen and oxygen atoms in total. The first kappa shape index (κ1) is 19.2. The van der Waals surface area contributed by atoms with Crippen LogP contribution >= 0.6 is 0 Å². The van der Waals surface area contributed by atoms with Crippen molar-refractivity contribution in [2.45, 2.75) is 43.9 Å². The first-order valence-electron chi connectivity index (χ1n) is 8.79. The summed E-state index contributed by atoms with van der Waals surface area (Å²) in [6, 6.07) is 2.38. The van der Waals surface area contributed by atoms with Crippen molar-refractivity contribution in [3.05, 3.63) is 47.0 Å². The average Bonchev–Trinajstić information content (AvgIpc) is 3.07. The van der Waals surface area contributed by atoms with Gasteiger partial charge in [-0.3, -0.25) is 4.90 Å². The van der Waals surface area contributed by atoms with Crippen molar-refractivity contribution in [3.8, 4) is 0 Å². The van der Waals surface area contributed by atoms with Gasteiger partial charge in [0.15, 0.2) is 0 Å². The number of aromatic nitrogens is 3. The van der Waals surface area contributed by atoms with Gasteiger partial charge >= 0.3 is 6.18 Å². The molecule has 0 saturated carbocycles. The van der Waals surface area contributed by atoms with E-state index < -0.39 is 35.8 Å². The van der Waals surface area contributed by atoms with Gasteiger partial charge in [-0.15, -0.1) is 10.2 Å². The number of nitrogens with two attached hydrogens (primary N) is 1. The lowest BCUT2D eigenvalue weighted by atomic mass is 9.93. The van der Waals surface area contributed by atoms with Crippen molar-refractivity contribution in [1.82, 2.24) is 19.7 Å². The molecule has 3 heterocycles. The van der Waals surface area contributed by atoms with Crippen molar-refractivity contribution in [3.63, 3.8) is 0 Å². The van der Waals surface area contributed by atoms with Crippen LogP contribution < -0.4 is 5.73 Å². The third-order valence-electron chi connectivity index (χ3n) is 5.22. The Labute approximate surface area is 157 Å². The lowest BCUT2D eigenvalue weighted by molar-refractivity contribution is -0.148. The van der Waals surface area contributed by atoms with Gasteiger partial charge in [0.2, 0.25) is 5.82 Å². The highest BCUT2D eigenvalue weighted by Gasteiger charge is 2.41. The molecule has 1 saturated heterocycles. The number of ether oxygens (including phenoxy) is 1. The van der Waals surface area contributed by atoms with Crippen LogP contribution in [0.5, 0.6) is 0 Å². The molecule has 2 N–H and O–H groups in total. The maximum atomic E-state index is 14.0. The second-order valence-electron chi connectivity index (χ2n) is 7.03. The highest BCUT2D eigenvalue weighted by molar-refractivity contribution is 5.23. The summed E-state index contributed by atoms with van der Waals surface area (Å²) in [5.74, 6) is -1.94. The van der Waals surface area contributed by atoms with Gasteiger partial charge in [0.1, 0.15) is 23.6 Å². The Hall–Kier alpha value is -2.11. The summed E-state index contributed by atoms with van der Waals surface area (Å²) >= 11 is 0. The second-order valence-corrected chi connectivity index (χ2v) is 7.03. The van der Waals surface area contributed by atoms with Gasteiger partial charge in [-0.1, -0.05) is 0 Å². The van der Waals surface area contributed by atoms with E-state index in [-0.39, 0.29) is 37.1 Å². The second kappa shape index (κ2) is 7.05. The van der Waals surface area contributed by atoms with Gasteiger partial charge in [-0.2, -0.15) is 13.2 Å². The maximum Gasteiger partial charge on any atom is 0.451 e. The lowest BCUT2D eigenvalue weighted by Gasteiger charge is -2.41. The van der Waals surface area contributed by atoms with Crippen molar-refractivity contribution in [2.75, 3.05) is 13.2 Å². The number of benzene rings is 1. The third-order valence-corrected chi connectivity index (χ3v) is 5.22. The van der Waals surface area contributed by atoms with E-state index in [4.69, 9.17) is 10.5 Å². The Bertz CT molecular complexity index is 870. The van der Waals surface area contributed by atoms with E-state index in [2.05, 4.69) is 10.2 Å². The molecule has 1 aromatic heterocycles. The quantitative estimate of drug-likeness (QED) is 0.779. The van der Waals surface area contributed by atoms with Crippen LogP contribution in [0.3, 0.4) is 0 Å². The van der Waals surface area contributed by atoms with E-state index in [9.17, 15) is 22.0 Å². The minimum atomic E-state index is -4.55. The van der Waals surface area contributed by atoms with Gasteiger partial charge in [0, 0.05) is 30.7 Å². The first-order valence-corrected chi connectivity index (χ1v) is 8.79. The van der Waals surface area contributed by atoms with Gasteiger partial charge in [0.25, 0.3) is 0 Å². The molecule has 4 rings (SSSR count). The largest absolute Gasteiger partial charge is 0.451 e. The molecule has 28 heavy (non-hydrogen) atoms. The van der Waals surface area contributed by atoms with Gasteiger partial charge in [-0.05, 0) is 24.6 Å². The number of nitrogens with zero attached hydrogens (tertiary/aromatic N) is 4. The highest BCUT2D eigenvalue weighted by atomic mass is 19.4. The Morgan fingerprint density at radius 3 is 2.64 bits per heavy atom. The predicted octanol–water partition coefficient (Wildman–Crippen LogP) is 2.25. The van der Waals surface area contributed by atoms with Crippen LogP contribution in [0.15, 0.2) is 18.2 Å². The van der Waals surface area contributed by atoms with Crippen molar-refractivity contribution in [1.29, 1.82) is 0 Å². The zero-order valence-corrected chi connectivity index (χ0v) is 14.7. The maximum absolute atomic E-state index is 14.0. The van der Waals surface area contributed by atoms with Crippen LogP contribution in [0, 0.1) is 11.6 Å². The zero-order chi connectivity index (χ0) is 20.1. The topological polar surface area (TPSA) is 69.2 Å². The minimum Gasteiger partial charge on any atom is -0.370 e. The number of hydrogen-bond acceptors (Lipinski definition) is 5. The van der Waals surface area contributed by atoms with E-state index in [0.29, 0.717) is 13.0 Å². The molecule has 2 aliphatic heterocycles. The Balaban J connectivity index is 1.45. The van der Waals surface area contributed by atoms with Crippen LogP contribution in [0.25, 0.3) is 0 Å². The fraction of sp³-hybridized carbons (Fsp3) is 0.529. The molecule has 2 aliphatic rings. The fourth-order valence-electron chi connectivity index (χ4n) is 3.85. The van der Waals surface area contributed by atoms with Gasteiger partial charge < -0.3 is 15.0 Å². The summed E-state index contributed by atoms with van der Waals surface area (Å²) in [4.78, 5) is 1.93. The standard InChI is InChI=1S/C17H18F5N5O/c18-9-1-2-12(19)11(5-9)15-13(23)6-10(8-28-15)26-3-4-27-14(7-26)24-25-16(27)17(20,21)22/h1-2,5,10,13,15H,3-4,6-8,23H2/t10-,13?,15?/m1/s1. The van der Waals surface area contributed by atoms with E-state index in [1.165, 1.54) is 0 Å². The minimum absolute atomic E-state index is 0.0687. The van der Waals surface area contributed by atoms with E-state index >= 15 is 0 Å². The Morgan fingerprint density at radius 2 is 1.93 bits per heavy atom. The average molecular weight is 403 g/mol. The normalized spacial score (nSPS) is 26.3. The molecule has 0 amide bonds. The van der Waals surface area contributed by atoms with Crippen molar-refractivity contribution >= 4 is 0 Å². The van der Waals surface area contributed by atoms with Crippen LogP contribution in [-0.4, -0.2) is 44.9 Å². The fourth-order valence-corrected chi connectivity index (χ4v) is 3.85. The molecule has 0 radical (unpaired) electrons. The molecule has 3 atom stereocenters.